The van der Waals surface area contributed by atoms with E-state index >= 15 is 0 Å². The standard InChI is InChI=1S/C19H22N2O2/c1-19(2,3)14-4-6-15(7-5-14)21-18(22)23-16-8-9-17-13(12-16)10-11-20-17/h4-9,12,20H,10-11H2,1-3H3,(H,21,22). The highest BCUT2D eigenvalue weighted by molar-refractivity contribution is 5.86. The Kier molecular flexibility index (Phi) is 3.99. The van der Waals surface area contributed by atoms with Crippen molar-refractivity contribution in [3.63, 3.8) is 0 Å². The Morgan fingerprint density at radius 1 is 1.13 bits per heavy atom. The van der Waals surface area contributed by atoms with E-state index in [2.05, 4.69) is 31.4 Å². The molecule has 4 heteroatoms. The van der Waals surface area contributed by atoms with Crippen LogP contribution < -0.4 is 15.4 Å². The summed E-state index contributed by atoms with van der Waals surface area (Å²) >= 11 is 0. The molecule has 0 radical (unpaired) electrons. The third-order valence-corrected chi connectivity index (χ3v) is 3.99. The van der Waals surface area contributed by atoms with Crippen LogP contribution in [0.25, 0.3) is 0 Å². The summed E-state index contributed by atoms with van der Waals surface area (Å²) in [6.07, 6.45) is 0.488. The molecular formula is C19H22N2O2. The number of fused-ring (bicyclic) bond motifs is 1. The third kappa shape index (κ3) is 3.65. The molecule has 0 aromatic heterocycles. The van der Waals surface area contributed by atoms with Gasteiger partial charge < -0.3 is 10.1 Å². The number of ether oxygens (including phenoxy) is 1. The Labute approximate surface area is 136 Å². The SMILES string of the molecule is CC(C)(C)c1ccc(NC(=O)Oc2ccc3c(c2)CCN3)cc1. The number of anilines is 2. The summed E-state index contributed by atoms with van der Waals surface area (Å²) in [6, 6.07) is 13.5. The zero-order valence-corrected chi connectivity index (χ0v) is 13.8. The second-order valence-electron chi connectivity index (χ2n) is 6.84. The fraction of sp³-hybridized carbons (Fsp3) is 0.316. The fourth-order valence-corrected chi connectivity index (χ4v) is 2.65. The zero-order chi connectivity index (χ0) is 16.4. The Hall–Kier alpha value is -2.49. The predicted molar refractivity (Wildman–Crippen MR) is 93.4 cm³/mol. The third-order valence-electron chi connectivity index (χ3n) is 3.99. The molecule has 120 valence electrons. The van der Waals surface area contributed by atoms with Crippen LogP contribution in [0.1, 0.15) is 31.9 Å². The van der Waals surface area contributed by atoms with E-state index in [0.29, 0.717) is 5.75 Å². The van der Waals surface area contributed by atoms with Crippen LogP contribution in [0.5, 0.6) is 5.75 Å². The molecule has 0 bridgehead atoms. The molecule has 1 amide bonds. The lowest BCUT2D eigenvalue weighted by Crippen LogP contribution is -2.17. The van der Waals surface area contributed by atoms with E-state index in [1.165, 1.54) is 11.1 Å². The van der Waals surface area contributed by atoms with Crippen LogP contribution in [0.3, 0.4) is 0 Å². The topological polar surface area (TPSA) is 50.4 Å². The van der Waals surface area contributed by atoms with Crippen molar-refractivity contribution in [1.29, 1.82) is 0 Å². The van der Waals surface area contributed by atoms with Gasteiger partial charge in [-0.05, 0) is 53.3 Å². The molecule has 0 saturated heterocycles. The molecule has 4 nitrogen and oxygen atoms in total. The number of benzene rings is 2. The highest BCUT2D eigenvalue weighted by Gasteiger charge is 2.14. The molecule has 0 atom stereocenters. The average molecular weight is 310 g/mol. The number of carbonyl (C=O) groups is 1. The minimum atomic E-state index is -0.473. The van der Waals surface area contributed by atoms with Gasteiger partial charge in [-0.15, -0.1) is 0 Å². The van der Waals surface area contributed by atoms with E-state index in [9.17, 15) is 4.79 Å². The van der Waals surface area contributed by atoms with Crippen LogP contribution in [0.2, 0.25) is 0 Å². The zero-order valence-electron chi connectivity index (χ0n) is 13.8. The maximum absolute atomic E-state index is 12.0. The lowest BCUT2D eigenvalue weighted by Gasteiger charge is -2.19. The van der Waals surface area contributed by atoms with Crippen LogP contribution in [0.4, 0.5) is 16.2 Å². The quantitative estimate of drug-likeness (QED) is 0.854. The van der Waals surface area contributed by atoms with Gasteiger partial charge in [0.05, 0.1) is 0 Å². The summed E-state index contributed by atoms with van der Waals surface area (Å²) in [5, 5.41) is 6.04. The fourth-order valence-electron chi connectivity index (χ4n) is 2.65. The van der Waals surface area contributed by atoms with E-state index in [1.807, 2.05) is 36.4 Å². The lowest BCUT2D eigenvalue weighted by atomic mass is 9.87. The molecule has 0 unspecified atom stereocenters. The molecule has 0 fully saturated rings. The molecule has 1 aliphatic rings. The van der Waals surface area contributed by atoms with Crippen LogP contribution in [0, 0.1) is 0 Å². The van der Waals surface area contributed by atoms with Gasteiger partial charge in [-0.25, -0.2) is 4.79 Å². The maximum atomic E-state index is 12.0. The van der Waals surface area contributed by atoms with Crippen molar-refractivity contribution in [2.45, 2.75) is 32.6 Å². The first-order chi connectivity index (χ1) is 10.9. The molecule has 3 rings (SSSR count). The van der Waals surface area contributed by atoms with Crippen molar-refractivity contribution in [2.24, 2.45) is 0 Å². The van der Waals surface area contributed by atoms with Crippen molar-refractivity contribution >= 4 is 17.5 Å². The van der Waals surface area contributed by atoms with Crippen molar-refractivity contribution < 1.29 is 9.53 Å². The molecule has 1 heterocycles. The Morgan fingerprint density at radius 2 is 1.87 bits per heavy atom. The number of hydrogen-bond acceptors (Lipinski definition) is 3. The summed E-state index contributed by atoms with van der Waals surface area (Å²) in [7, 11) is 0. The number of nitrogens with one attached hydrogen (secondary N) is 2. The molecule has 0 aliphatic carbocycles. The summed E-state index contributed by atoms with van der Waals surface area (Å²) in [6.45, 7) is 7.41. The van der Waals surface area contributed by atoms with E-state index in [0.717, 1.165) is 24.3 Å². The molecule has 23 heavy (non-hydrogen) atoms. The second kappa shape index (κ2) is 5.95. The first kappa shape index (κ1) is 15.4. The van der Waals surface area contributed by atoms with Crippen LogP contribution in [0.15, 0.2) is 42.5 Å². The molecule has 0 spiro atoms. The number of amides is 1. The van der Waals surface area contributed by atoms with Crippen LogP contribution in [-0.2, 0) is 11.8 Å². The van der Waals surface area contributed by atoms with Crippen molar-refractivity contribution in [3.05, 3.63) is 53.6 Å². The van der Waals surface area contributed by atoms with Gasteiger partial charge in [0.25, 0.3) is 0 Å². The Balaban J connectivity index is 1.63. The second-order valence-corrected chi connectivity index (χ2v) is 6.84. The van der Waals surface area contributed by atoms with Crippen LogP contribution >= 0.6 is 0 Å². The number of hydrogen-bond donors (Lipinski definition) is 2. The number of carbonyl (C=O) groups excluding carboxylic acids is 1. The number of rotatable bonds is 2. The maximum Gasteiger partial charge on any atom is 0.417 e. The van der Waals surface area contributed by atoms with Gasteiger partial charge in [0.2, 0.25) is 0 Å². The summed E-state index contributed by atoms with van der Waals surface area (Å²) in [5.74, 6) is 0.566. The van der Waals surface area contributed by atoms with Gasteiger partial charge in [0.15, 0.2) is 0 Å². The normalized spacial score (nSPS) is 13.2. The molecule has 0 saturated carbocycles. The largest absolute Gasteiger partial charge is 0.417 e. The van der Waals surface area contributed by atoms with Gasteiger partial charge in [-0.3, -0.25) is 5.32 Å². The highest BCUT2D eigenvalue weighted by Crippen LogP contribution is 2.27. The van der Waals surface area contributed by atoms with Crippen LogP contribution in [-0.4, -0.2) is 12.6 Å². The van der Waals surface area contributed by atoms with Gasteiger partial charge in [0, 0.05) is 17.9 Å². The van der Waals surface area contributed by atoms with Crippen molar-refractivity contribution in [2.75, 3.05) is 17.2 Å². The average Bonchev–Trinajstić information content (AvgIpc) is 2.94. The van der Waals surface area contributed by atoms with E-state index in [1.54, 1.807) is 6.07 Å². The van der Waals surface area contributed by atoms with Gasteiger partial charge in [-0.2, -0.15) is 0 Å². The first-order valence-corrected chi connectivity index (χ1v) is 7.88. The van der Waals surface area contributed by atoms with Gasteiger partial charge in [0.1, 0.15) is 5.75 Å². The summed E-state index contributed by atoms with van der Waals surface area (Å²) in [5.41, 5.74) is 4.35. The van der Waals surface area contributed by atoms with E-state index in [4.69, 9.17) is 4.74 Å². The van der Waals surface area contributed by atoms with Crippen molar-refractivity contribution in [3.8, 4) is 5.75 Å². The molecular weight excluding hydrogens is 288 g/mol. The Bertz CT molecular complexity index is 715. The molecule has 1 aliphatic heterocycles. The highest BCUT2D eigenvalue weighted by atomic mass is 16.6. The smallest absolute Gasteiger partial charge is 0.410 e. The van der Waals surface area contributed by atoms with Gasteiger partial charge >= 0.3 is 6.09 Å². The monoisotopic (exact) mass is 310 g/mol. The van der Waals surface area contributed by atoms with E-state index in [-0.39, 0.29) is 5.41 Å². The molecule has 2 N–H and O–H groups in total. The summed E-state index contributed by atoms with van der Waals surface area (Å²) in [4.78, 5) is 12.0. The predicted octanol–water partition coefficient (Wildman–Crippen LogP) is 4.56. The molecule has 2 aromatic carbocycles. The van der Waals surface area contributed by atoms with E-state index < -0.39 is 6.09 Å². The van der Waals surface area contributed by atoms with Crippen molar-refractivity contribution in [1.82, 2.24) is 0 Å². The molecule has 2 aromatic rings. The Morgan fingerprint density at radius 3 is 2.57 bits per heavy atom. The minimum absolute atomic E-state index is 0.0947. The first-order valence-electron chi connectivity index (χ1n) is 7.88. The summed E-state index contributed by atoms with van der Waals surface area (Å²) < 4.78 is 5.36. The minimum Gasteiger partial charge on any atom is -0.410 e. The van der Waals surface area contributed by atoms with Gasteiger partial charge in [-0.1, -0.05) is 32.9 Å². The lowest BCUT2D eigenvalue weighted by molar-refractivity contribution is 0.215.